The molecule has 20 heavy (non-hydrogen) atoms. The zero-order chi connectivity index (χ0) is 13.9. The zero-order valence-electron chi connectivity index (χ0n) is 11.5. The van der Waals surface area contributed by atoms with E-state index in [2.05, 4.69) is 38.1 Å². The van der Waals surface area contributed by atoms with Crippen LogP contribution in [0.2, 0.25) is 0 Å². The molecule has 0 amide bonds. The molecule has 1 aliphatic rings. The summed E-state index contributed by atoms with van der Waals surface area (Å²) in [6.45, 7) is 0.868. The Morgan fingerprint density at radius 3 is 2.40 bits per heavy atom. The van der Waals surface area contributed by atoms with Gasteiger partial charge in [0.25, 0.3) is 0 Å². The quantitative estimate of drug-likeness (QED) is 0.851. The van der Waals surface area contributed by atoms with Crippen LogP contribution in [0.4, 0.5) is 11.6 Å². The third-order valence-electron chi connectivity index (χ3n) is 3.30. The monoisotopic (exact) mass is 272 g/mol. The fourth-order valence-electron chi connectivity index (χ4n) is 2.37. The summed E-state index contributed by atoms with van der Waals surface area (Å²) in [4.78, 5) is 14.8. The molecule has 0 N–H and O–H groups in total. The lowest BCUT2D eigenvalue weighted by atomic mass is 10.0. The Morgan fingerprint density at radius 1 is 1.00 bits per heavy atom. The van der Waals surface area contributed by atoms with Gasteiger partial charge in [-0.15, -0.1) is 4.98 Å². The number of para-hydroxylation sites is 1. The Labute approximate surface area is 117 Å². The molecule has 0 radical (unpaired) electrons. The molecule has 0 saturated heterocycles. The van der Waals surface area contributed by atoms with Crippen LogP contribution in [0.1, 0.15) is 12.0 Å². The van der Waals surface area contributed by atoms with E-state index in [-0.39, 0.29) is 12.0 Å². The van der Waals surface area contributed by atoms with Gasteiger partial charge in [-0.2, -0.15) is 9.97 Å². The number of rotatable bonds is 3. The van der Waals surface area contributed by atoms with Gasteiger partial charge in [-0.05, 0) is 24.5 Å². The van der Waals surface area contributed by atoms with Crippen LogP contribution in [0, 0.1) is 0 Å². The molecule has 2 heterocycles. The average molecular weight is 272 g/mol. The van der Waals surface area contributed by atoms with E-state index < -0.39 is 0 Å². The molecule has 0 bridgehead atoms. The number of fused-ring (bicyclic) bond motifs is 1. The van der Waals surface area contributed by atoms with E-state index in [4.69, 9.17) is 9.47 Å². The normalized spacial score (nSPS) is 13.8. The van der Waals surface area contributed by atoms with Gasteiger partial charge >= 0.3 is 12.0 Å². The number of methoxy groups -OCH3 is 2. The highest BCUT2D eigenvalue weighted by atomic mass is 16.5. The lowest BCUT2D eigenvalue weighted by Crippen LogP contribution is -2.26. The van der Waals surface area contributed by atoms with Crippen molar-refractivity contribution in [3.63, 3.8) is 0 Å². The van der Waals surface area contributed by atoms with E-state index in [1.54, 1.807) is 0 Å². The molecule has 1 aromatic carbocycles. The first-order valence-corrected chi connectivity index (χ1v) is 6.51. The molecule has 3 rings (SSSR count). The molecule has 0 unspecified atom stereocenters. The van der Waals surface area contributed by atoms with Crippen LogP contribution >= 0.6 is 0 Å². The first-order valence-electron chi connectivity index (χ1n) is 6.51. The summed E-state index contributed by atoms with van der Waals surface area (Å²) in [7, 11) is 3.06. The van der Waals surface area contributed by atoms with E-state index in [0.29, 0.717) is 5.95 Å². The van der Waals surface area contributed by atoms with Gasteiger partial charge in [-0.25, -0.2) is 0 Å². The van der Waals surface area contributed by atoms with Crippen molar-refractivity contribution in [3.8, 4) is 12.0 Å². The number of benzene rings is 1. The number of hydrogen-bond donors (Lipinski definition) is 0. The van der Waals surface area contributed by atoms with Crippen molar-refractivity contribution in [3.05, 3.63) is 29.8 Å². The van der Waals surface area contributed by atoms with Gasteiger partial charge in [0, 0.05) is 12.2 Å². The molecule has 104 valence electrons. The van der Waals surface area contributed by atoms with Gasteiger partial charge < -0.3 is 14.4 Å². The Morgan fingerprint density at radius 2 is 1.70 bits per heavy atom. The molecule has 0 fully saturated rings. The van der Waals surface area contributed by atoms with Gasteiger partial charge in [0.15, 0.2) is 0 Å². The highest BCUT2D eigenvalue weighted by Gasteiger charge is 2.21. The van der Waals surface area contributed by atoms with Gasteiger partial charge in [-0.3, -0.25) is 0 Å². The molecule has 1 aliphatic heterocycles. The van der Waals surface area contributed by atoms with Crippen LogP contribution in [0.3, 0.4) is 0 Å². The third-order valence-corrected chi connectivity index (χ3v) is 3.30. The van der Waals surface area contributed by atoms with Crippen molar-refractivity contribution in [2.75, 3.05) is 25.7 Å². The first-order chi connectivity index (χ1) is 9.81. The molecule has 0 aliphatic carbocycles. The SMILES string of the molecule is COc1nc(OC)nc(N2CCCc3ccccc32)n1. The summed E-state index contributed by atoms with van der Waals surface area (Å²) in [6.07, 6.45) is 2.14. The Bertz CT molecular complexity index is 596. The van der Waals surface area contributed by atoms with E-state index >= 15 is 0 Å². The number of aryl methyl sites for hydroxylation is 1. The van der Waals surface area contributed by atoms with Gasteiger partial charge in [0.2, 0.25) is 5.95 Å². The summed E-state index contributed by atoms with van der Waals surface area (Å²) in [5.41, 5.74) is 2.44. The van der Waals surface area contributed by atoms with Gasteiger partial charge in [0.05, 0.1) is 14.2 Å². The van der Waals surface area contributed by atoms with Crippen molar-refractivity contribution >= 4 is 11.6 Å². The summed E-state index contributed by atoms with van der Waals surface area (Å²) in [5.74, 6) is 0.556. The maximum Gasteiger partial charge on any atom is 0.324 e. The van der Waals surface area contributed by atoms with Gasteiger partial charge in [0.1, 0.15) is 0 Å². The van der Waals surface area contributed by atoms with Gasteiger partial charge in [-0.1, -0.05) is 18.2 Å². The third kappa shape index (κ3) is 2.24. The van der Waals surface area contributed by atoms with Crippen LogP contribution < -0.4 is 14.4 Å². The standard InChI is InChI=1S/C14H16N4O2/c1-19-13-15-12(16-14(17-13)20-2)18-9-5-7-10-6-3-4-8-11(10)18/h3-4,6,8H,5,7,9H2,1-2H3. The largest absolute Gasteiger partial charge is 0.467 e. The molecule has 0 saturated carbocycles. The smallest absolute Gasteiger partial charge is 0.324 e. The number of ether oxygens (including phenoxy) is 2. The molecule has 6 nitrogen and oxygen atoms in total. The van der Waals surface area contributed by atoms with E-state index in [9.17, 15) is 0 Å². The lowest BCUT2D eigenvalue weighted by molar-refractivity contribution is 0.340. The van der Waals surface area contributed by atoms with Crippen LogP contribution in [-0.2, 0) is 6.42 Å². The second-order valence-corrected chi connectivity index (χ2v) is 4.49. The number of anilines is 2. The maximum atomic E-state index is 5.11. The lowest BCUT2D eigenvalue weighted by Gasteiger charge is -2.29. The summed E-state index contributed by atoms with van der Waals surface area (Å²) in [6, 6.07) is 8.81. The molecular formula is C14H16N4O2. The average Bonchev–Trinajstić information content (AvgIpc) is 2.53. The Kier molecular flexibility index (Phi) is 3.37. The molecule has 6 heteroatoms. The van der Waals surface area contributed by atoms with Crippen LogP contribution in [0.15, 0.2) is 24.3 Å². The van der Waals surface area contributed by atoms with Crippen LogP contribution in [-0.4, -0.2) is 35.7 Å². The summed E-state index contributed by atoms with van der Waals surface area (Å²) < 4.78 is 10.2. The molecule has 0 spiro atoms. The highest BCUT2D eigenvalue weighted by Crippen LogP contribution is 2.32. The van der Waals surface area contributed by atoms with Crippen molar-refractivity contribution in [1.82, 2.24) is 15.0 Å². The van der Waals surface area contributed by atoms with E-state index in [1.165, 1.54) is 19.8 Å². The zero-order valence-corrected chi connectivity index (χ0v) is 11.5. The van der Waals surface area contributed by atoms with Crippen molar-refractivity contribution < 1.29 is 9.47 Å². The predicted octanol–water partition coefficient (Wildman–Crippen LogP) is 1.97. The Balaban J connectivity index is 2.05. The summed E-state index contributed by atoms with van der Waals surface area (Å²) >= 11 is 0. The molecule has 1 aromatic heterocycles. The second-order valence-electron chi connectivity index (χ2n) is 4.49. The second kappa shape index (κ2) is 5.32. The number of hydrogen-bond acceptors (Lipinski definition) is 6. The van der Waals surface area contributed by atoms with Crippen molar-refractivity contribution in [2.24, 2.45) is 0 Å². The fraction of sp³-hybridized carbons (Fsp3) is 0.357. The van der Waals surface area contributed by atoms with E-state index in [1.807, 2.05) is 6.07 Å². The predicted molar refractivity (Wildman–Crippen MR) is 74.7 cm³/mol. The maximum absolute atomic E-state index is 5.11. The van der Waals surface area contributed by atoms with Crippen molar-refractivity contribution in [1.29, 1.82) is 0 Å². The molecule has 0 atom stereocenters. The number of aromatic nitrogens is 3. The fourth-order valence-corrected chi connectivity index (χ4v) is 2.37. The Hall–Kier alpha value is -2.37. The topological polar surface area (TPSA) is 60.4 Å². The highest BCUT2D eigenvalue weighted by molar-refractivity contribution is 5.63. The van der Waals surface area contributed by atoms with Crippen molar-refractivity contribution in [2.45, 2.75) is 12.8 Å². The minimum absolute atomic E-state index is 0.259. The molecular weight excluding hydrogens is 256 g/mol. The first kappa shape index (κ1) is 12.7. The molecule has 2 aromatic rings. The van der Waals surface area contributed by atoms with Crippen LogP contribution in [0.5, 0.6) is 12.0 Å². The van der Waals surface area contributed by atoms with Crippen LogP contribution in [0.25, 0.3) is 0 Å². The number of nitrogens with zero attached hydrogens (tertiary/aromatic N) is 4. The summed E-state index contributed by atoms with van der Waals surface area (Å²) in [5, 5.41) is 0. The minimum Gasteiger partial charge on any atom is -0.467 e. The minimum atomic E-state index is 0.259. The van der Waals surface area contributed by atoms with E-state index in [0.717, 1.165) is 25.1 Å².